The van der Waals surface area contributed by atoms with Crippen LogP contribution in [0.3, 0.4) is 0 Å². The van der Waals surface area contributed by atoms with E-state index in [9.17, 15) is 22.4 Å². The molecule has 226 valence electrons. The number of sulfonamides is 1. The van der Waals surface area contributed by atoms with Gasteiger partial charge in [0.25, 0.3) is 10.0 Å². The van der Waals surface area contributed by atoms with E-state index >= 15 is 0 Å². The maximum absolute atomic E-state index is 14.0. The van der Waals surface area contributed by atoms with Gasteiger partial charge >= 0.3 is 0 Å². The fourth-order valence-corrected chi connectivity index (χ4v) is 6.04. The van der Waals surface area contributed by atoms with E-state index in [4.69, 9.17) is 27.9 Å². The average molecular weight is 639 g/mol. The Balaban J connectivity index is 2.04. The van der Waals surface area contributed by atoms with Crippen LogP contribution in [0.5, 0.6) is 5.75 Å². The second kappa shape index (κ2) is 15.2. The van der Waals surface area contributed by atoms with Crippen molar-refractivity contribution in [2.24, 2.45) is 0 Å². The van der Waals surface area contributed by atoms with Gasteiger partial charge in [-0.25, -0.2) is 12.8 Å². The molecule has 0 heterocycles. The molecular formula is C30H34Cl2FN3O5S. The van der Waals surface area contributed by atoms with Crippen LogP contribution in [-0.4, -0.2) is 50.9 Å². The van der Waals surface area contributed by atoms with Gasteiger partial charge in [0.15, 0.2) is 0 Å². The summed E-state index contributed by atoms with van der Waals surface area (Å²) in [4.78, 5) is 28.1. The highest BCUT2D eigenvalue weighted by atomic mass is 35.5. The molecule has 3 rings (SSSR count). The molecule has 3 aromatic carbocycles. The maximum atomic E-state index is 14.0. The van der Waals surface area contributed by atoms with E-state index in [0.717, 1.165) is 41.4 Å². The second-order valence-electron chi connectivity index (χ2n) is 9.43. The number of amides is 2. The molecule has 0 aromatic heterocycles. The number of anilines is 1. The molecule has 0 fully saturated rings. The fraction of sp³-hybridized carbons (Fsp3) is 0.333. The molecule has 1 N–H and O–H groups in total. The molecule has 0 aliphatic rings. The zero-order valence-corrected chi connectivity index (χ0v) is 26.0. The molecule has 0 unspecified atom stereocenters. The largest absolute Gasteiger partial charge is 0.494 e. The van der Waals surface area contributed by atoms with Crippen molar-refractivity contribution in [3.05, 3.63) is 88.2 Å². The van der Waals surface area contributed by atoms with Crippen LogP contribution in [0.4, 0.5) is 10.1 Å². The van der Waals surface area contributed by atoms with E-state index < -0.39 is 40.2 Å². The van der Waals surface area contributed by atoms with Crippen LogP contribution in [0, 0.1) is 5.82 Å². The van der Waals surface area contributed by atoms with Crippen molar-refractivity contribution in [1.29, 1.82) is 0 Å². The van der Waals surface area contributed by atoms with E-state index in [-0.39, 0.29) is 17.1 Å². The van der Waals surface area contributed by atoms with Gasteiger partial charge in [-0.05, 0) is 80.9 Å². The Labute approximate surface area is 256 Å². The Morgan fingerprint density at radius 3 is 2.17 bits per heavy atom. The molecular weight excluding hydrogens is 604 g/mol. The lowest BCUT2D eigenvalue weighted by Gasteiger charge is -2.32. The van der Waals surface area contributed by atoms with Crippen LogP contribution in [0.1, 0.15) is 39.2 Å². The Bertz CT molecular complexity index is 1450. The third-order valence-corrected chi connectivity index (χ3v) is 9.00. The van der Waals surface area contributed by atoms with Gasteiger partial charge in [0, 0.05) is 28.7 Å². The fourth-order valence-electron chi connectivity index (χ4n) is 4.11. The minimum Gasteiger partial charge on any atom is -0.494 e. The van der Waals surface area contributed by atoms with Crippen LogP contribution in [0.15, 0.2) is 71.6 Å². The lowest BCUT2D eigenvalue weighted by atomic mass is 10.1. The van der Waals surface area contributed by atoms with Crippen molar-refractivity contribution in [1.82, 2.24) is 10.2 Å². The van der Waals surface area contributed by atoms with E-state index in [2.05, 4.69) is 5.32 Å². The average Bonchev–Trinajstić information content (AvgIpc) is 2.96. The third-order valence-electron chi connectivity index (χ3n) is 6.50. The van der Waals surface area contributed by atoms with Crippen molar-refractivity contribution in [3.63, 3.8) is 0 Å². The first-order valence-corrected chi connectivity index (χ1v) is 15.7. The first-order chi connectivity index (χ1) is 20.0. The van der Waals surface area contributed by atoms with Crippen molar-refractivity contribution < 1.29 is 27.1 Å². The first-order valence-electron chi connectivity index (χ1n) is 13.5. The van der Waals surface area contributed by atoms with E-state index in [1.54, 1.807) is 37.3 Å². The summed E-state index contributed by atoms with van der Waals surface area (Å²) in [7, 11) is -4.35. The highest BCUT2D eigenvalue weighted by molar-refractivity contribution is 7.92. The van der Waals surface area contributed by atoms with Crippen LogP contribution in [0.25, 0.3) is 0 Å². The van der Waals surface area contributed by atoms with Gasteiger partial charge in [-0.1, -0.05) is 42.6 Å². The van der Waals surface area contributed by atoms with Crippen LogP contribution >= 0.6 is 23.2 Å². The number of carbonyl (C=O) groups is 2. The summed E-state index contributed by atoms with van der Waals surface area (Å²) in [5, 5.41) is 3.40. The molecule has 8 nitrogen and oxygen atoms in total. The number of halogens is 3. The quantitative estimate of drug-likeness (QED) is 0.217. The van der Waals surface area contributed by atoms with Crippen LogP contribution in [-0.2, 0) is 26.2 Å². The molecule has 3 aromatic rings. The number of hydrogen-bond acceptors (Lipinski definition) is 5. The predicted octanol–water partition coefficient (Wildman–Crippen LogP) is 6.06. The lowest BCUT2D eigenvalue weighted by Crippen LogP contribution is -2.51. The zero-order chi connectivity index (χ0) is 30.9. The van der Waals surface area contributed by atoms with Gasteiger partial charge in [-0.3, -0.25) is 13.9 Å². The number of nitrogens with one attached hydrogen (secondary N) is 1. The van der Waals surface area contributed by atoms with Gasteiger partial charge in [0.2, 0.25) is 11.8 Å². The normalized spacial score (nSPS) is 12.0. The Morgan fingerprint density at radius 2 is 1.60 bits per heavy atom. The predicted molar refractivity (Wildman–Crippen MR) is 163 cm³/mol. The van der Waals surface area contributed by atoms with Crippen molar-refractivity contribution in [3.8, 4) is 5.75 Å². The molecule has 0 aliphatic carbocycles. The number of benzene rings is 3. The Hall–Kier alpha value is -3.34. The minimum absolute atomic E-state index is 0.145. The van der Waals surface area contributed by atoms with Gasteiger partial charge in [0.05, 0.1) is 17.2 Å². The van der Waals surface area contributed by atoms with Crippen LogP contribution < -0.4 is 14.4 Å². The standard InChI is InChI=1S/C30H34Cl2FN3O5S/c1-4-6-18-34-30(38)21(3)35(19-26-27(31)8-7-9-28(26)32)29(37)20-36(23-12-14-24(15-13-23)41-5-2)42(39,40)25-16-10-22(33)11-17-25/h7-17,21H,4-6,18-20H2,1-3H3,(H,34,38)/t21-/m1/s1. The molecule has 0 bridgehead atoms. The van der Waals surface area contributed by atoms with Crippen molar-refractivity contribution in [2.45, 2.75) is 51.1 Å². The number of hydrogen-bond donors (Lipinski definition) is 1. The number of carbonyl (C=O) groups excluding carboxylic acids is 2. The number of nitrogens with zero attached hydrogens (tertiary/aromatic N) is 2. The van der Waals surface area contributed by atoms with Gasteiger partial charge in [-0.2, -0.15) is 0 Å². The molecule has 0 saturated heterocycles. The summed E-state index contributed by atoms with van der Waals surface area (Å²) in [5.41, 5.74) is 0.586. The van der Waals surface area contributed by atoms with Gasteiger partial charge < -0.3 is 15.0 Å². The van der Waals surface area contributed by atoms with Crippen molar-refractivity contribution >= 4 is 50.7 Å². The van der Waals surface area contributed by atoms with Gasteiger partial charge in [-0.15, -0.1) is 0 Å². The molecule has 42 heavy (non-hydrogen) atoms. The SMILES string of the molecule is CCCCNC(=O)[C@@H](C)N(Cc1c(Cl)cccc1Cl)C(=O)CN(c1ccc(OCC)cc1)S(=O)(=O)c1ccc(F)cc1. The van der Waals surface area contributed by atoms with Crippen molar-refractivity contribution in [2.75, 3.05) is 24.0 Å². The summed E-state index contributed by atoms with van der Waals surface area (Å²) in [6.45, 7) is 5.38. The molecule has 0 spiro atoms. The zero-order valence-electron chi connectivity index (χ0n) is 23.6. The summed E-state index contributed by atoms with van der Waals surface area (Å²) in [6, 6.07) is 14.4. The molecule has 0 radical (unpaired) electrons. The molecule has 1 atom stereocenters. The smallest absolute Gasteiger partial charge is 0.264 e. The maximum Gasteiger partial charge on any atom is 0.264 e. The Kier molecular flexibility index (Phi) is 12.0. The monoisotopic (exact) mass is 637 g/mol. The lowest BCUT2D eigenvalue weighted by molar-refractivity contribution is -0.139. The highest BCUT2D eigenvalue weighted by Gasteiger charge is 2.33. The molecule has 0 aliphatic heterocycles. The minimum atomic E-state index is -4.35. The number of unbranched alkanes of at least 4 members (excludes halogenated alkanes) is 1. The first kappa shape index (κ1) is 33.2. The summed E-state index contributed by atoms with van der Waals surface area (Å²) in [5.74, 6) is -1.18. The van der Waals surface area contributed by atoms with E-state index in [1.807, 2.05) is 13.8 Å². The molecule has 2 amide bonds. The van der Waals surface area contributed by atoms with Crippen LogP contribution in [0.2, 0.25) is 10.0 Å². The summed E-state index contributed by atoms with van der Waals surface area (Å²) in [6.07, 6.45) is 1.62. The second-order valence-corrected chi connectivity index (χ2v) is 12.1. The summed E-state index contributed by atoms with van der Waals surface area (Å²) >= 11 is 12.8. The molecule has 0 saturated carbocycles. The van der Waals surface area contributed by atoms with Gasteiger partial charge in [0.1, 0.15) is 24.2 Å². The van der Waals surface area contributed by atoms with E-state index in [0.29, 0.717) is 34.5 Å². The number of ether oxygens (including phenoxy) is 1. The molecule has 12 heteroatoms. The topological polar surface area (TPSA) is 96.0 Å². The highest BCUT2D eigenvalue weighted by Crippen LogP contribution is 2.29. The Morgan fingerprint density at radius 1 is 0.976 bits per heavy atom. The number of rotatable bonds is 14. The third kappa shape index (κ3) is 8.36. The van der Waals surface area contributed by atoms with E-state index in [1.165, 1.54) is 17.0 Å². The summed E-state index contributed by atoms with van der Waals surface area (Å²) < 4.78 is 47.7.